The molecule has 4 aliphatic rings. The van der Waals surface area contributed by atoms with Crippen molar-refractivity contribution < 1.29 is 23.5 Å². The van der Waals surface area contributed by atoms with Crippen LogP contribution in [0.3, 0.4) is 0 Å². The third-order valence-electron chi connectivity index (χ3n) is 7.06. The average molecular weight is 438 g/mol. The minimum atomic E-state index is -0.403. The summed E-state index contributed by atoms with van der Waals surface area (Å²) in [5, 5.41) is 0. The third kappa shape index (κ3) is 3.86. The van der Waals surface area contributed by atoms with Crippen molar-refractivity contribution in [2.75, 3.05) is 33.3 Å². The maximum atomic E-state index is 13.6. The van der Waals surface area contributed by atoms with Crippen molar-refractivity contribution in [3.8, 4) is 0 Å². The first-order valence-electron chi connectivity index (χ1n) is 11.2. The van der Waals surface area contributed by atoms with Gasteiger partial charge in [-0.1, -0.05) is 18.2 Å². The lowest BCUT2D eigenvalue weighted by molar-refractivity contribution is -0.0462. The Morgan fingerprint density at radius 1 is 1.03 bits per heavy atom. The first-order chi connectivity index (χ1) is 15.5. The Morgan fingerprint density at radius 3 is 2.44 bits per heavy atom. The second-order valence-corrected chi connectivity index (χ2v) is 8.86. The van der Waals surface area contributed by atoms with Crippen LogP contribution in [0.15, 0.2) is 42.5 Å². The van der Waals surface area contributed by atoms with Crippen LogP contribution in [0, 0.1) is 11.7 Å². The SMILES string of the molecule is COC(=O)c1ccc2c(c1)CCN(C(=O)O[C@@H]1CN3CCC1CC3)[C@H]2c1ccc(F)cc1. The molecular weight excluding hydrogens is 411 g/mol. The predicted molar refractivity (Wildman–Crippen MR) is 116 cm³/mol. The van der Waals surface area contributed by atoms with Gasteiger partial charge in [0.1, 0.15) is 11.9 Å². The first-order valence-corrected chi connectivity index (χ1v) is 11.2. The number of nitrogens with zero attached hydrogens (tertiary/aromatic N) is 2. The molecule has 7 heteroatoms. The number of hydrogen-bond donors (Lipinski definition) is 0. The van der Waals surface area contributed by atoms with E-state index in [9.17, 15) is 14.0 Å². The maximum Gasteiger partial charge on any atom is 0.410 e. The Bertz CT molecular complexity index is 1020. The lowest BCUT2D eigenvalue weighted by Crippen LogP contribution is -2.53. The number of fused-ring (bicyclic) bond motifs is 4. The Labute approximate surface area is 186 Å². The molecule has 4 heterocycles. The van der Waals surface area contributed by atoms with Gasteiger partial charge in [0.2, 0.25) is 0 Å². The molecule has 168 valence electrons. The van der Waals surface area contributed by atoms with Gasteiger partial charge >= 0.3 is 12.1 Å². The van der Waals surface area contributed by atoms with Gasteiger partial charge in [0.25, 0.3) is 0 Å². The van der Waals surface area contributed by atoms with Gasteiger partial charge in [-0.05, 0) is 79.2 Å². The molecule has 4 aliphatic heterocycles. The van der Waals surface area contributed by atoms with Crippen molar-refractivity contribution >= 4 is 12.1 Å². The van der Waals surface area contributed by atoms with E-state index in [0.29, 0.717) is 24.4 Å². The Hall–Kier alpha value is -2.93. The summed E-state index contributed by atoms with van der Waals surface area (Å²) in [6.07, 6.45) is 2.33. The number of rotatable bonds is 3. The van der Waals surface area contributed by atoms with Crippen molar-refractivity contribution in [3.05, 3.63) is 70.5 Å². The van der Waals surface area contributed by atoms with E-state index in [1.807, 2.05) is 12.1 Å². The highest BCUT2D eigenvalue weighted by Gasteiger charge is 2.39. The molecule has 0 N–H and O–H groups in total. The second kappa shape index (κ2) is 8.54. The number of benzene rings is 2. The predicted octanol–water partition coefficient (Wildman–Crippen LogP) is 3.79. The van der Waals surface area contributed by atoms with Crippen LogP contribution in [-0.2, 0) is 15.9 Å². The lowest BCUT2D eigenvalue weighted by Gasteiger charge is -2.45. The average Bonchev–Trinajstić information content (AvgIpc) is 2.83. The van der Waals surface area contributed by atoms with Crippen LogP contribution < -0.4 is 0 Å². The van der Waals surface area contributed by atoms with Gasteiger partial charge < -0.3 is 9.47 Å². The molecule has 0 radical (unpaired) electrons. The molecule has 6 rings (SSSR count). The summed E-state index contributed by atoms with van der Waals surface area (Å²) in [6.45, 7) is 3.41. The van der Waals surface area contributed by atoms with Crippen LogP contribution in [0.25, 0.3) is 0 Å². The zero-order chi connectivity index (χ0) is 22.2. The molecule has 3 saturated heterocycles. The fraction of sp³-hybridized carbons (Fsp3) is 0.440. The van der Waals surface area contributed by atoms with Crippen LogP contribution in [0.5, 0.6) is 0 Å². The van der Waals surface area contributed by atoms with Gasteiger partial charge in [0, 0.05) is 13.1 Å². The van der Waals surface area contributed by atoms with E-state index in [4.69, 9.17) is 9.47 Å². The van der Waals surface area contributed by atoms with Gasteiger partial charge in [0.05, 0.1) is 18.7 Å². The van der Waals surface area contributed by atoms with E-state index in [1.165, 1.54) is 19.2 Å². The molecule has 0 unspecified atom stereocenters. The summed E-state index contributed by atoms with van der Waals surface area (Å²) in [6, 6.07) is 11.2. The summed E-state index contributed by atoms with van der Waals surface area (Å²) in [5.41, 5.74) is 3.19. The molecule has 0 aromatic heterocycles. The van der Waals surface area contributed by atoms with Gasteiger partial charge in [0.15, 0.2) is 0 Å². The molecular formula is C25H27FN2O4. The number of halogens is 1. The normalized spacial score (nSPS) is 26.4. The van der Waals surface area contributed by atoms with E-state index in [2.05, 4.69) is 4.90 Å². The standard InChI is InChI=1S/C25H27FN2O4/c1-31-24(29)19-4-7-21-18(14-19)10-13-28(23(21)17-2-5-20(26)6-3-17)25(30)32-22-15-27-11-8-16(22)9-12-27/h2-7,14,16,22-23H,8-13,15H2,1H3/t22-,23+/m1/s1. The van der Waals surface area contributed by atoms with Gasteiger partial charge in [-0.2, -0.15) is 0 Å². The van der Waals surface area contributed by atoms with Crippen LogP contribution in [0.1, 0.15) is 45.9 Å². The molecule has 3 fully saturated rings. The first kappa shape index (κ1) is 20.9. The number of ether oxygens (including phenoxy) is 2. The largest absolute Gasteiger partial charge is 0.465 e. The molecule has 2 bridgehead atoms. The van der Waals surface area contributed by atoms with Gasteiger partial charge in [-0.25, -0.2) is 14.0 Å². The van der Waals surface area contributed by atoms with Crippen molar-refractivity contribution in [2.24, 2.45) is 5.92 Å². The summed E-state index contributed by atoms with van der Waals surface area (Å²) in [4.78, 5) is 29.5. The highest BCUT2D eigenvalue weighted by Crippen LogP contribution is 2.37. The monoisotopic (exact) mass is 438 g/mol. The van der Waals surface area contributed by atoms with Crippen molar-refractivity contribution in [2.45, 2.75) is 31.4 Å². The lowest BCUT2D eigenvalue weighted by atomic mass is 9.86. The Morgan fingerprint density at radius 2 is 1.78 bits per heavy atom. The number of carbonyl (C=O) groups is 2. The van der Waals surface area contributed by atoms with Crippen LogP contribution in [0.4, 0.5) is 9.18 Å². The molecule has 2 aromatic rings. The van der Waals surface area contributed by atoms with Gasteiger partial charge in [-0.3, -0.25) is 9.80 Å². The Balaban J connectivity index is 1.46. The summed E-state index contributed by atoms with van der Waals surface area (Å²) in [5.74, 6) is -0.296. The van der Waals surface area contributed by atoms with Crippen molar-refractivity contribution in [1.82, 2.24) is 9.80 Å². The topological polar surface area (TPSA) is 59.1 Å². The fourth-order valence-electron chi connectivity index (χ4n) is 5.31. The number of amides is 1. The highest BCUT2D eigenvalue weighted by atomic mass is 19.1. The zero-order valence-electron chi connectivity index (χ0n) is 18.1. The molecule has 32 heavy (non-hydrogen) atoms. The molecule has 2 atom stereocenters. The molecule has 1 amide bonds. The quantitative estimate of drug-likeness (QED) is 0.683. The van der Waals surface area contributed by atoms with Crippen LogP contribution in [0.2, 0.25) is 0 Å². The number of carbonyl (C=O) groups excluding carboxylic acids is 2. The van der Waals surface area contributed by atoms with E-state index in [1.54, 1.807) is 23.1 Å². The van der Waals surface area contributed by atoms with Gasteiger partial charge in [-0.15, -0.1) is 0 Å². The molecule has 2 aromatic carbocycles. The molecule has 0 saturated carbocycles. The fourth-order valence-corrected chi connectivity index (χ4v) is 5.31. The number of hydrogen-bond acceptors (Lipinski definition) is 5. The smallest absolute Gasteiger partial charge is 0.410 e. The van der Waals surface area contributed by atoms with Crippen LogP contribution >= 0.6 is 0 Å². The Kier molecular flexibility index (Phi) is 5.59. The van der Waals surface area contributed by atoms with Crippen molar-refractivity contribution in [1.29, 1.82) is 0 Å². The summed E-state index contributed by atoms with van der Waals surface area (Å²) in [7, 11) is 1.36. The summed E-state index contributed by atoms with van der Waals surface area (Å²) < 4.78 is 24.5. The van der Waals surface area contributed by atoms with E-state index in [0.717, 1.165) is 49.2 Å². The molecule has 6 nitrogen and oxygen atoms in total. The second-order valence-electron chi connectivity index (χ2n) is 8.86. The minimum Gasteiger partial charge on any atom is -0.465 e. The molecule has 0 aliphatic carbocycles. The maximum absolute atomic E-state index is 13.6. The molecule has 0 spiro atoms. The minimum absolute atomic E-state index is 0.0815. The van der Waals surface area contributed by atoms with Crippen LogP contribution in [-0.4, -0.2) is 61.3 Å². The van der Waals surface area contributed by atoms with Crippen molar-refractivity contribution in [3.63, 3.8) is 0 Å². The van der Waals surface area contributed by atoms with E-state index in [-0.39, 0.29) is 18.0 Å². The number of esters is 1. The van der Waals surface area contributed by atoms with E-state index < -0.39 is 12.0 Å². The zero-order valence-corrected chi connectivity index (χ0v) is 18.1. The summed E-state index contributed by atoms with van der Waals surface area (Å²) >= 11 is 0. The third-order valence-corrected chi connectivity index (χ3v) is 7.06. The number of methoxy groups -OCH3 is 1. The number of piperidine rings is 3. The van der Waals surface area contributed by atoms with E-state index >= 15 is 0 Å². The highest BCUT2D eigenvalue weighted by molar-refractivity contribution is 5.89.